The van der Waals surface area contributed by atoms with E-state index < -0.39 is 46.1 Å². The summed E-state index contributed by atoms with van der Waals surface area (Å²) in [4.78, 5) is 14.5. The van der Waals surface area contributed by atoms with Crippen LogP contribution in [0.4, 0.5) is 31.1 Å². The van der Waals surface area contributed by atoms with Crippen LogP contribution in [-0.2, 0) is 28.0 Å². The first kappa shape index (κ1) is 33.4. The van der Waals surface area contributed by atoms with Gasteiger partial charge in [0.25, 0.3) is 0 Å². The Bertz CT molecular complexity index is 1700. The maximum Gasteiger partial charge on any atom is 0.514 e. The number of halogens is 6. The molecule has 0 N–H and O–H groups in total. The third-order valence-electron chi connectivity index (χ3n) is 10.2. The van der Waals surface area contributed by atoms with Gasteiger partial charge in [0.15, 0.2) is 14.7 Å². The molecule has 0 aliphatic heterocycles. The Morgan fingerprint density at radius 2 is 0.959 bits per heavy atom. The standard InChI is InChI=1S/C38H33F6O4S/c1-36(27-19-23-18-24(21-27)22-28(36)20-23)48-35(45)47-31-8-6-29(7-9-31)46-30-10-16-34(17-11-30)49(32-12-2-25(3-13-32)37(39,40)41)33-14-4-26(5-15-33)38(42,43)44/h2-17,23-24,27-28H,18-22H2,1H3/q+1. The van der Waals surface area contributed by atoms with E-state index in [-0.39, 0.29) is 0 Å². The van der Waals surface area contributed by atoms with Gasteiger partial charge in [-0.1, -0.05) is 0 Å². The number of hydrogen-bond donors (Lipinski definition) is 0. The van der Waals surface area contributed by atoms with Crippen molar-refractivity contribution >= 4 is 17.1 Å². The van der Waals surface area contributed by atoms with Crippen LogP contribution in [0.5, 0.6) is 17.2 Å². The molecule has 0 unspecified atom stereocenters. The molecular weight excluding hydrogens is 666 g/mol. The van der Waals surface area contributed by atoms with Crippen molar-refractivity contribution in [2.75, 3.05) is 0 Å². The molecule has 0 radical (unpaired) electrons. The van der Waals surface area contributed by atoms with E-state index in [1.807, 2.05) is 0 Å². The number of carbonyl (C=O) groups is 1. The summed E-state index contributed by atoms with van der Waals surface area (Å²) in [5.74, 6) is 3.48. The van der Waals surface area contributed by atoms with Crippen molar-refractivity contribution in [2.24, 2.45) is 23.7 Å². The van der Waals surface area contributed by atoms with Gasteiger partial charge >= 0.3 is 18.5 Å². The first-order chi connectivity index (χ1) is 23.2. The summed E-state index contributed by atoms with van der Waals surface area (Å²) in [5, 5.41) is 0. The van der Waals surface area contributed by atoms with Crippen LogP contribution in [0.3, 0.4) is 0 Å². The zero-order valence-corrected chi connectivity index (χ0v) is 27.2. The zero-order valence-electron chi connectivity index (χ0n) is 26.4. The molecule has 0 amide bonds. The summed E-state index contributed by atoms with van der Waals surface area (Å²) in [5.41, 5.74) is -2.14. The zero-order chi connectivity index (χ0) is 34.6. The van der Waals surface area contributed by atoms with Crippen LogP contribution in [0.25, 0.3) is 0 Å². The minimum absolute atomic E-state index is 0.317. The number of ether oxygens (including phenoxy) is 3. The van der Waals surface area contributed by atoms with Crippen LogP contribution in [0, 0.1) is 23.7 Å². The van der Waals surface area contributed by atoms with Crippen molar-refractivity contribution in [3.05, 3.63) is 108 Å². The predicted octanol–water partition coefficient (Wildman–Crippen LogP) is 11.3. The Labute approximate surface area is 282 Å². The van der Waals surface area contributed by atoms with Crippen molar-refractivity contribution < 1.29 is 45.3 Å². The highest BCUT2D eigenvalue weighted by molar-refractivity contribution is 7.97. The number of benzene rings is 4. The van der Waals surface area contributed by atoms with E-state index in [2.05, 4.69) is 6.92 Å². The van der Waals surface area contributed by atoms with Crippen molar-refractivity contribution in [3.8, 4) is 17.2 Å². The molecule has 11 heteroatoms. The molecule has 0 saturated heterocycles. The molecule has 4 fully saturated rings. The molecule has 4 nitrogen and oxygen atoms in total. The topological polar surface area (TPSA) is 44.8 Å². The predicted molar refractivity (Wildman–Crippen MR) is 171 cm³/mol. The average molecular weight is 700 g/mol. The highest BCUT2D eigenvalue weighted by atomic mass is 32.2. The van der Waals surface area contributed by atoms with Crippen LogP contribution in [0.1, 0.15) is 50.2 Å². The Morgan fingerprint density at radius 1 is 0.592 bits per heavy atom. The highest BCUT2D eigenvalue weighted by Crippen LogP contribution is 2.59. The third kappa shape index (κ3) is 7.00. The van der Waals surface area contributed by atoms with E-state index in [0.717, 1.165) is 61.8 Å². The molecule has 8 rings (SSSR count). The lowest BCUT2D eigenvalue weighted by molar-refractivity contribution is -0.169. The van der Waals surface area contributed by atoms with E-state index in [4.69, 9.17) is 14.2 Å². The molecule has 4 aliphatic rings. The van der Waals surface area contributed by atoms with E-state index >= 15 is 0 Å². The van der Waals surface area contributed by atoms with Gasteiger partial charge in [-0.15, -0.1) is 0 Å². The molecular formula is C38H33F6O4S+. The molecule has 0 aromatic heterocycles. The average Bonchev–Trinajstić information content (AvgIpc) is 3.05. The summed E-state index contributed by atoms with van der Waals surface area (Å²) in [6.45, 7) is 2.05. The lowest BCUT2D eigenvalue weighted by atomic mass is 9.50. The maximum absolute atomic E-state index is 13.2. The van der Waals surface area contributed by atoms with Gasteiger partial charge in [0.2, 0.25) is 0 Å². The normalized spacial score (nSPS) is 24.6. The van der Waals surface area contributed by atoms with E-state index in [9.17, 15) is 31.1 Å². The van der Waals surface area contributed by atoms with Gasteiger partial charge in [0.1, 0.15) is 22.8 Å². The smallest absolute Gasteiger partial charge is 0.457 e. The van der Waals surface area contributed by atoms with Gasteiger partial charge in [-0.2, -0.15) is 26.3 Å². The second kappa shape index (κ2) is 12.6. The Balaban J connectivity index is 1.03. The van der Waals surface area contributed by atoms with Crippen molar-refractivity contribution in [2.45, 2.75) is 71.7 Å². The number of carbonyl (C=O) groups excluding carboxylic acids is 1. The van der Waals surface area contributed by atoms with Crippen LogP contribution < -0.4 is 9.47 Å². The summed E-state index contributed by atoms with van der Waals surface area (Å²) in [7, 11) is -1.01. The SMILES string of the molecule is CC1(OC(=O)Oc2ccc(Oc3ccc([S+](c4ccc(C(F)(F)F)cc4)c4ccc(C(F)(F)F)cc4)cc3)cc2)C2CC3CC(C2)CC1C3. The van der Waals surface area contributed by atoms with E-state index in [1.165, 1.54) is 30.7 Å². The minimum atomic E-state index is -4.52. The van der Waals surface area contributed by atoms with Crippen molar-refractivity contribution in [3.63, 3.8) is 0 Å². The number of rotatable bonds is 7. The van der Waals surface area contributed by atoms with E-state index in [1.54, 1.807) is 48.5 Å². The maximum atomic E-state index is 13.2. The molecule has 4 saturated carbocycles. The summed E-state index contributed by atoms with van der Waals surface area (Å²) in [6.07, 6.45) is -4.03. The Kier molecular flexibility index (Phi) is 8.61. The monoisotopic (exact) mass is 699 g/mol. The second-order valence-corrected chi connectivity index (χ2v) is 15.4. The van der Waals surface area contributed by atoms with Gasteiger partial charge in [0, 0.05) is 0 Å². The molecule has 49 heavy (non-hydrogen) atoms. The molecule has 0 spiro atoms. The molecule has 4 aliphatic carbocycles. The fraction of sp³-hybridized carbons (Fsp3) is 0.342. The Morgan fingerprint density at radius 3 is 1.37 bits per heavy atom. The lowest BCUT2D eigenvalue weighted by Gasteiger charge is -2.58. The Hall–Kier alpha value is -4.12. The van der Waals surface area contributed by atoms with Gasteiger partial charge in [0.05, 0.1) is 22.0 Å². The van der Waals surface area contributed by atoms with Crippen LogP contribution in [0.15, 0.2) is 112 Å². The van der Waals surface area contributed by atoms with Gasteiger partial charge in [-0.25, -0.2) is 4.79 Å². The number of alkyl halides is 6. The van der Waals surface area contributed by atoms with Crippen LogP contribution in [-0.4, -0.2) is 11.8 Å². The molecule has 4 aromatic rings. The molecule has 0 heterocycles. The number of hydrogen-bond acceptors (Lipinski definition) is 4. The molecule has 256 valence electrons. The molecule has 0 atom stereocenters. The van der Waals surface area contributed by atoms with Crippen molar-refractivity contribution in [1.29, 1.82) is 0 Å². The van der Waals surface area contributed by atoms with Gasteiger partial charge < -0.3 is 14.2 Å². The third-order valence-corrected chi connectivity index (χ3v) is 12.4. The first-order valence-corrected chi connectivity index (χ1v) is 17.3. The van der Waals surface area contributed by atoms with E-state index in [0.29, 0.717) is 43.8 Å². The summed E-state index contributed by atoms with van der Waals surface area (Å²) < 4.78 is 96.9. The fourth-order valence-corrected chi connectivity index (χ4v) is 9.95. The van der Waals surface area contributed by atoms with Crippen molar-refractivity contribution in [1.82, 2.24) is 0 Å². The van der Waals surface area contributed by atoms with Gasteiger partial charge in [-0.3, -0.25) is 0 Å². The first-order valence-electron chi connectivity index (χ1n) is 16.1. The minimum Gasteiger partial charge on any atom is -0.457 e. The largest absolute Gasteiger partial charge is 0.514 e. The fourth-order valence-electron chi connectivity index (χ4n) is 7.91. The van der Waals surface area contributed by atoms with Gasteiger partial charge in [-0.05, 0) is 160 Å². The summed E-state index contributed by atoms with van der Waals surface area (Å²) >= 11 is 0. The van der Waals surface area contributed by atoms with Crippen LogP contribution in [0.2, 0.25) is 0 Å². The highest BCUT2D eigenvalue weighted by Gasteiger charge is 2.57. The lowest BCUT2D eigenvalue weighted by Crippen LogP contribution is -2.58. The quantitative estimate of drug-likeness (QED) is 0.0834. The molecule has 4 bridgehead atoms. The summed E-state index contributed by atoms with van der Waals surface area (Å²) in [6, 6.07) is 22.6. The molecule has 4 aromatic carbocycles. The van der Waals surface area contributed by atoms with Crippen LogP contribution >= 0.6 is 0 Å². The second-order valence-electron chi connectivity index (χ2n) is 13.3.